The van der Waals surface area contributed by atoms with Crippen LogP contribution in [-0.4, -0.2) is 15.1 Å². The summed E-state index contributed by atoms with van der Waals surface area (Å²) in [6.45, 7) is 1.01. The molecule has 0 aromatic heterocycles. The van der Waals surface area contributed by atoms with Gasteiger partial charge in [-0.15, -0.1) is 0 Å². The third kappa shape index (κ3) is 2.21. The lowest BCUT2D eigenvalue weighted by atomic mass is 9.92. The zero-order chi connectivity index (χ0) is 12.6. The number of alkyl halides is 5. The van der Waals surface area contributed by atoms with E-state index in [1.54, 1.807) is 6.07 Å². The number of benzene rings is 1. The van der Waals surface area contributed by atoms with Gasteiger partial charge in [-0.3, -0.25) is 0 Å². The average Bonchev–Trinajstić information content (AvgIpc) is 2.17. The first-order valence-corrected chi connectivity index (χ1v) is 5.50. The van der Waals surface area contributed by atoms with Gasteiger partial charge >= 0.3 is 6.18 Å². The zero-order valence-electron chi connectivity index (χ0n) is 8.22. The predicted molar refractivity (Wildman–Crippen MR) is 59.6 cm³/mol. The molecule has 1 rings (SSSR count). The Kier molecular flexibility index (Phi) is 3.62. The summed E-state index contributed by atoms with van der Waals surface area (Å²) in [4.78, 5) is 0. The summed E-state index contributed by atoms with van der Waals surface area (Å²) in [5.74, 6) is 0. The van der Waals surface area contributed by atoms with Crippen LogP contribution < -0.4 is 0 Å². The van der Waals surface area contributed by atoms with Gasteiger partial charge in [-0.25, -0.2) is 0 Å². The molecule has 90 valence electrons. The number of aliphatic hydroxyl groups is 1. The highest BCUT2D eigenvalue weighted by Crippen LogP contribution is 2.52. The normalized spacial score (nSPS) is 19.9. The van der Waals surface area contributed by atoms with Crippen molar-refractivity contribution in [2.24, 2.45) is 0 Å². The van der Waals surface area contributed by atoms with Gasteiger partial charge in [0.2, 0.25) is 3.78 Å². The SMILES string of the molecule is C[C@](O)(c1ccccc1)[C@@](Cl)(Br)C(F)(F)F. The van der Waals surface area contributed by atoms with Gasteiger partial charge in [0, 0.05) is 0 Å². The van der Waals surface area contributed by atoms with E-state index >= 15 is 0 Å². The van der Waals surface area contributed by atoms with E-state index < -0.39 is 15.6 Å². The van der Waals surface area contributed by atoms with Gasteiger partial charge in [0.1, 0.15) is 5.60 Å². The molecule has 1 nitrogen and oxygen atoms in total. The van der Waals surface area contributed by atoms with E-state index in [2.05, 4.69) is 15.9 Å². The van der Waals surface area contributed by atoms with Crippen LogP contribution >= 0.6 is 27.5 Å². The molecular formula is C10H9BrClF3O. The van der Waals surface area contributed by atoms with Crippen molar-refractivity contribution in [1.82, 2.24) is 0 Å². The van der Waals surface area contributed by atoms with Crippen molar-refractivity contribution in [3.05, 3.63) is 35.9 Å². The van der Waals surface area contributed by atoms with Crippen molar-refractivity contribution in [2.75, 3.05) is 0 Å². The number of hydrogen-bond acceptors (Lipinski definition) is 1. The molecular weight excluding hydrogens is 308 g/mol. The van der Waals surface area contributed by atoms with Gasteiger partial charge in [-0.1, -0.05) is 57.9 Å². The predicted octanol–water partition coefficient (Wildman–Crippen LogP) is 3.79. The van der Waals surface area contributed by atoms with Crippen molar-refractivity contribution < 1.29 is 18.3 Å². The highest BCUT2D eigenvalue weighted by molar-refractivity contribution is 9.10. The molecule has 0 spiro atoms. The molecule has 6 heteroatoms. The number of hydrogen-bond donors (Lipinski definition) is 1. The molecule has 2 atom stereocenters. The fraction of sp³-hybridized carbons (Fsp3) is 0.400. The first kappa shape index (κ1) is 13.8. The Hall–Kier alpha value is -0.260. The summed E-state index contributed by atoms with van der Waals surface area (Å²) in [6.07, 6.45) is -4.78. The second-order valence-electron chi connectivity index (χ2n) is 3.51. The Morgan fingerprint density at radius 1 is 1.19 bits per heavy atom. The molecule has 1 aromatic rings. The van der Waals surface area contributed by atoms with Crippen LogP contribution in [0.5, 0.6) is 0 Å². The Bertz CT molecular complexity index is 362. The maximum absolute atomic E-state index is 12.7. The Morgan fingerprint density at radius 3 is 2.00 bits per heavy atom. The molecule has 0 amide bonds. The van der Waals surface area contributed by atoms with Gasteiger partial charge < -0.3 is 5.11 Å². The van der Waals surface area contributed by atoms with Crippen molar-refractivity contribution in [3.8, 4) is 0 Å². The van der Waals surface area contributed by atoms with E-state index in [1.807, 2.05) is 0 Å². The molecule has 0 radical (unpaired) electrons. The van der Waals surface area contributed by atoms with E-state index in [4.69, 9.17) is 11.6 Å². The summed E-state index contributed by atoms with van der Waals surface area (Å²) >= 11 is 7.73. The summed E-state index contributed by atoms with van der Waals surface area (Å²) in [5.41, 5.74) is -2.19. The first-order chi connectivity index (χ1) is 7.11. The molecule has 0 fully saturated rings. The van der Waals surface area contributed by atoms with Gasteiger partial charge in [0.05, 0.1) is 0 Å². The van der Waals surface area contributed by atoms with Crippen molar-refractivity contribution >= 4 is 27.5 Å². The third-order valence-corrected chi connectivity index (χ3v) is 4.11. The minimum Gasteiger partial charge on any atom is -0.382 e. The van der Waals surface area contributed by atoms with Crippen LogP contribution in [0.4, 0.5) is 13.2 Å². The van der Waals surface area contributed by atoms with Crippen molar-refractivity contribution in [2.45, 2.75) is 22.5 Å². The van der Waals surface area contributed by atoms with E-state index in [-0.39, 0.29) is 5.56 Å². The lowest BCUT2D eigenvalue weighted by Crippen LogP contribution is -2.51. The number of rotatable bonds is 2. The monoisotopic (exact) mass is 316 g/mol. The molecule has 0 unspecified atom stereocenters. The largest absolute Gasteiger partial charge is 0.420 e. The van der Waals surface area contributed by atoms with Crippen LogP contribution in [0.15, 0.2) is 30.3 Å². The van der Waals surface area contributed by atoms with Gasteiger partial charge in [0.25, 0.3) is 0 Å². The van der Waals surface area contributed by atoms with Crippen LogP contribution in [0, 0.1) is 0 Å². The summed E-state index contributed by atoms with van der Waals surface area (Å²) < 4.78 is 35.1. The van der Waals surface area contributed by atoms with Crippen molar-refractivity contribution in [3.63, 3.8) is 0 Å². The highest BCUT2D eigenvalue weighted by Gasteiger charge is 2.63. The molecule has 0 aliphatic rings. The molecule has 0 heterocycles. The van der Waals surface area contributed by atoms with Gasteiger partial charge in [-0.2, -0.15) is 13.2 Å². The van der Waals surface area contributed by atoms with E-state index in [9.17, 15) is 18.3 Å². The lowest BCUT2D eigenvalue weighted by Gasteiger charge is -2.37. The van der Waals surface area contributed by atoms with E-state index in [0.29, 0.717) is 0 Å². The maximum Gasteiger partial charge on any atom is 0.420 e. The van der Waals surface area contributed by atoms with Crippen LogP contribution in [0.1, 0.15) is 12.5 Å². The molecule has 0 saturated heterocycles. The molecule has 0 bridgehead atoms. The van der Waals surface area contributed by atoms with Gasteiger partial charge in [-0.05, 0) is 12.5 Å². The Labute approximate surface area is 104 Å². The standard InChI is InChI=1S/C10H9BrClF3O/c1-8(16,7-5-3-2-4-6-7)9(11,12)10(13,14)15/h2-6,16H,1H3/t8-,9-/m0/s1. The molecule has 0 aliphatic carbocycles. The fourth-order valence-corrected chi connectivity index (χ4v) is 1.56. The number of halogens is 5. The maximum atomic E-state index is 12.7. The van der Waals surface area contributed by atoms with Crippen molar-refractivity contribution in [1.29, 1.82) is 0 Å². The second-order valence-corrected chi connectivity index (χ2v) is 5.72. The van der Waals surface area contributed by atoms with E-state index in [1.165, 1.54) is 24.3 Å². The smallest absolute Gasteiger partial charge is 0.382 e. The van der Waals surface area contributed by atoms with Crippen LogP contribution in [-0.2, 0) is 5.60 Å². The molecule has 16 heavy (non-hydrogen) atoms. The minimum absolute atomic E-state index is 0.0826. The molecule has 0 aliphatic heterocycles. The average molecular weight is 318 g/mol. The zero-order valence-corrected chi connectivity index (χ0v) is 10.6. The highest BCUT2D eigenvalue weighted by atomic mass is 79.9. The van der Waals surface area contributed by atoms with E-state index in [0.717, 1.165) is 6.92 Å². The Morgan fingerprint density at radius 2 is 1.62 bits per heavy atom. The quantitative estimate of drug-likeness (QED) is 0.823. The topological polar surface area (TPSA) is 20.2 Å². The fourth-order valence-electron chi connectivity index (χ4n) is 1.22. The molecule has 1 N–H and O–H groups in total. The van der Waals surface area contributed by atoms with Crippen LogP contribution in [0.2, 0.25) is 0 Å². The summed E-state index contributed by atoms with van der Waals surface area (Å²) in [7, 11) is 0. The summed E-state index contributed by atoms with van der Waals surface area (Å²) in [6, 6.07) is 7.45. The molecule has 1 aromatic carbocycles. The second kappa shape index (κ2) is 4.20. The first-order valence-electron chi connectivity index (χ1n) is 4.33. The van der Waals surface area contributed by atoms with Gasteiger partial charge in [0.15, 0.2) is 0 Å². The Balaban J connectivity index is 3.22. The third-order valence-electron chi connectivity index (χ3n) is 2.30. The summed E-state index contributed by atoms with van der Waals surface area (Å²) in [5, 5.41) is 9.95. The lowest BCUT2D eigenvalue weighted by molar-refractivity contribution is -0.179. The van der Waals surface area contributed by atoms with Crippen LogP contribution in [0.3, 0.4) is 0 Å². The minimum atomic E-state index is -4.78. The van der Waals surface area contributed by atoms with Crippen LogP contribution in [0.25, 0.3) is 0 Å². The molecule has 0 saturated carbocycles.